The molecule has 9 nitrogen and oxygen atoms in total. The Morgan fingerprint density at radius 3 is 2.44 bits per heavy atom. The lowest BCUT2D eigenvalue weighted by atomic mass is 10.0. The van der Waals surface area contributed by atoms with E-state index in [1.54, 1.807) is 17.7 Å². The van der Waals surface area contributed by atoms with Crippen LogP contribution in [0.25, 0.3) is 10.9 Å². The van der Waals surface area contributed by atoms with Gasteiger partial charge in [0.25, 0.3) is 5.91 Å². The summed E-state index contributed by atoms with van der Waals surface area (Å²) in [5.74, 6) is -1.39. The average Bonchev–Trinajstić information content (AvgIpc) is 3.22. The smallest absolute Gasteiger partial charge is 0.277 e. The highest BCUT2D eigenvalue weighted by Gasteiger charge is 2.35. The number of amides is 2. The zero-order valence-electron chi connectivity index (χ0n) is 20.4. The Hall–Kier alpha value is -3.98. The van der Waals surface area contributed by atoms with Gasteiger partial charge in [0.15, 0.2) is 5.96 Å². The number of aromatic nitrogens is 1. The number of nitrogens with two attached hydrogens (primary N) is 2. The summed E-state index contributed by atoms with van der Waals surface area (Å²) < 4.78 is 1.71. The molecular weight excluding hydrogens is 456 g/mol. The summed E-state index contributed by atoms with van der Waals surface area (Å²) in [5.41, 5.74) is 13.8. The van der Waals surface area contributed by atoms with Crippen molar-refractivity contribution >= 4 is 35.0 Å². The first-order valence-corrected chi connectivity index (χ1v) is 12.0. The number of carbonyl (C=O) groups is 2. The summed E-state index contributed by atoms with van der Waals surface area (Å²) in [6, 6.07) is 17.0. The fraction of sp³-hybridized carbons (Fsp3) is 0.333. The molecule has 1 aromatic heterocycles. The Morgan fingerprint density at radius 2 is 1.78 bits per heavy atom. The number of aryl methyl sites for hydroxylation is 2. The molecule has 1 heterocycles. The largest absolute Gasteiger partial charge is 0.370 e. The first kappa shape index (κ1) is 26.6. The molecule has 0 fully saturated rings. The predicted molar refractivity (Wildman–Crippen MR) is 140 cm³/mol. The van der Waals surface area contributed by atoms with Crippen molar-refractivity contribution in [3.05, 3.63) is 71.9 Å². The standard InChI is InChI=1S/C27H33N6O3/c1-32-23-15-6-5-12-20(23)17-24(32)26(36)33(21(18-34)13-8-16-31-27(29)30)25(35)22(28)14-7-11-19-9-3-2-4-10-19/h2-6,9-10,12,15,17,21-22H,7-8,11,13-14,16,28H2,1H3,(H4,29,30,31)/t21-,22+/m0/s1. The van der Waals surface area contributed by atoms with Gasteiger partial charge in [-0.1, -0.05) is 48.5 Å². The number of para-hydroxylation sites is 1. The molecule has 9 heteroatoms. The third-order valence-corrected chi connectivity index (χ3v) is 6.19. The van der Waals surface area contributed by atoms with Crippen LogP contribution >= 0.6 is 0 Å². The third kappa shape index (κ3) is 6.57. The number of nitrogens with zero attached hydrogens (tertiary/aromatic N) is 2. The first-order chi connectivity index (χ1) is 17.3. The zero-order chi connectivity index (χ0) is 26.1. The number of hydrogen-bond donors (Lipinski definition) is 4. The highest BCUT2D eigenvalue weighted by Crippen LogP contribution is 2.22. The highest BCUT2D eigenvalue weighted by molar-refractivity contribution is 6.09. The number of carbonyl (C=O) groups excluding carboxylic acids is 3. The van der Waals surface area contributed by atoms with Gasteiger partial charge >= 0.3 is 0 Å². The van der Waals surface area contributed by atoms with Crippen LogP contribution in [0.4, 0.5) is 0 Å². The summed E-state index contributed by atoms with van der Waals surface area (Å²) in [5, 5.41) is 10.8. The van der Waals surface area contributed by atoms with E-state index in [0.29, 0.717) is 25.8 Å². The Bertz CT molecular complexity index is 1210. The Morgan fingerprint density at radius 1 is 1.08 bits per heavy atom. The van der Waals surface area contributed by atoms with E-state index in [0.717, 1.165) is 27.8 Å². The van der Waals surface area contributed by atoms with Gasteiger partial charge in [-0.2, -0.15) is 0 Å². The molecule has 6 N–H and O–H groups in total. The summed E-state index contributed by atoms with van der Waals surface area (Å²) in [4.78, 5) is 40.1. The van der Waals surface area contributed by atoms with Gasteiger partial charge in [0, 0.05) is 24.5 Å². The normalized spacial score (nSPS) is 12.6. The fourth-order valence-corrected chi connectivity index (χ4v) is 4.24. The molecule has 1 radical (unpaired) electrons. The molecule has 2 aromatic carbocycles. The maximum absolute atomic E-state index is 13.7. The van der Waals surface area contributed by atoms with Crippen molar-refractivity contribution in [2.45, 2.75) is 44.2 Å². The maximum atomic E-state index is 13.7. The number of rotatable bonds is 12. The minimum Gasteiger partial charge on any atom is -0.370 e. The van der Waals surface area contributed by atoms with Gasteiger partial charge in [0.1, 0.15) is 11.7 Å². The van der Waals surface area contributed by atoms with Gasteiger partial charge in [0.05, 0.1) is 6.04 Å². The molecule has 0 aliphatic rings. The van der Waals surface area contributed by atoms with E-state index in [1.165, 1.54) is 0 Å². The topological polar surface area (TPSA) is 147 Å². The van der Waals surface area contributed by atoms with Gasteiger partial charge in [-0.05, 0) is 49.8 Å². The molecule has 3 aromatic rings. The van der Waals surface area contributed by atoms with Crippen LogP contribution in [0.1, 0.15) is 41.7 Å². The van der Waals surface area contributed by atoms with Gasteiger partial charge in [-0.3, -0.25) is 24.7 Å². The quantitative estimate of drug-likeness (QED) is 0.174. The average molecular weight is 490 g/mol. The minimum atomic E-state index is -1.11. The summed E-state index contributed by atoms with van der Waals surface area (Å²) in [6.45, 7) is 0.320. The van der Waals surface area contributed by atoms with Crippen molar-refractivity contribution in [2.24, 2.45) is 18.5 Å². The second kappa shape index (κ2) is 12.6. The lowest BCUT2D eigenvalue weighted by Gasteiger charge is -2.28. The zero-order valence-corrected chi connectivity index (χ0v) is 20.4. The SMILES string of the molecule is Cn1c(C(=O)N(C(=O)[C@H](N)CCCc2ccccc2)[C@H]([C]=O)CCCNC(=N)N)cc2ccccc21. The Kier molecular flexibility index (Phi) is 9.35. The van der Waals surface area contributed by atoms with E-state index in [1.807, 2.05) is 60.9 Å². The molecule has 189 valence electrons. The van der Waals surface area contributed by atoms with E-state index < -0.39 is 23.9 Å². The summed E-state index contributed by atoms with van der Waals surface area (Å²) in [6.07, 6.45) is 4.21. The Labute approximate surface area is 210 Å². The van der Waals surface area contributed by atoms with Crippen molar-refractivity contribution < 1.29 is 14.4 Å². The maximum Gasteiger partial charge on any atom is 0.277 e. The number of benzene rings is 2. The number of hydrogen-bond acceptors (Lipinski definition) is 5. The Balaban J connectivity index is 1.81. The van der Waals surface area contributed by atoms with Crippen molar-refractivity contribution in [1.29, 1.82) is 5.41 Å². The predicted octanol–water partition coefficient (Wildman–Crippen LogP) is 2.24. The van der Waals surface area contributed by atoms with Crippen molar-refractivity contribution in [3.8, 4) is 0 Å². The first-order valence-electron chi connectivity index (χ1n) is 12.0. The van der Waals surface area contributed by atoms with Crippen LogP contribution < -0.4 is 16.8 Å². The molecule has 36 heavy (non-hydrogen) atoms. The molecular formula is C27H33N6O3. The van der Waals surface area contributed by atoms with Crippen LogP contribution in [0.3, 0.4) is 0 Å². The van der Waals surface area contributed by atoms with Crippen molar-refractivity contribution in [2.75, 3.05) is 6.54 Å². The van der Waals surface area contributed by atoms with Gasteiger partial charge in [-0.25, -0.2) is 0 Å². The van der Waals surface area contributed by atoms with Crippen LogP contribution in [-0.2, 0) is 23.1 Å². The van der Waals surface area contributed by atoms with Crippen LogP contribution in [-0.4, -0.2) is 52.2 Å². The van der Waals surface area contributed by atoms with Gasteiger partial charge < -0.3 is 21.4 Å². The van der Waals surface area contributed by atoms with E-state index in [-0.39, 0.29) is 18.1 Å². The van der Waals surface area contributed by atoms with E-state index in [9.17, 15) is 14.4 Å². The summed E-state index contributed by atoms with van der Waals surface area (Å²) in [7, 11) is 1.74. The molecule has 0 saturated heterocycles. The van der Waals surface area contributed by atoms with Crippen LogP contribution in [0.5, 0.6) is 0 Å². The second-order valence-corrected chi connectivity index (χ2v) is 8.76. The fourth-order valence-electron chi connectivity index (χ4n) is 4.24. The van der Waals surface area contributed by atoms with Gasteiger partial charge in [-0.15, -0.1) is 0 Å². The third-order valence-electron chi connectivity index (χ3n) is 6.19. The molecule has 0 aliphatic heterocycles. The van der Waals surface area contributed by atoms with Crippen LogP contribution in [0.15, 0.2) is 60.7 Å². The number of fused-ring (bicyclic) bond motifs is 1. The molecule has 0 bridgehead atoms. The van der Waals surface area contributed by atoms with Crippen LogP contribution in [0.2, 0.25) is 0 Å². The molecule has 0 spiro atoms. The van der Waals surface area contributed by atoms with E-state index in [2.05, 4.69) is 5.32 Å². The molecule has 2 amide bonds. The van der Waals surface area contributed by atoms with Crippen LogP contribution in [0, 0.1) is 5.41 Å². The monoisotopic (exact) mass is 489 g/mol. The number of nitrogens with one attached hydrogen (secondary N) is 2. The van der Waals surface area contributed by atoms with E-state index in [4.69, 9.17) is 16.9 Å². The van der Waals surface area contributed by atoms with Crippen molar-refractivity contribution in [3.63, 3.8) is 0 Å². The molecule has 2 atom stereocenters. The molecule has 3 rings (SSSR count). The molecule has 0 saturated carbocycles. The lowest BCUT2D eigenvalue weighted by molar-refractivity contribution is -0.131. The number of imide groups is 1. The second-order valence-electron chi connectivity index (χ2n) is 8.76. The van der Waals surface area contributed by atoms with Gasteiger partial charge in [0.2, 0.25) is 12.2 Å². The lowest BCUT2D eigenvalue weighted by Crippen LogP contribution is -2.52. The molecule has 0 aliphatic carbocycles. The highest BCUT2D eigenvalue weighted by atomic mass is 16.2. The minimum absolute atomic E-state index is 0.169. The van der Waals surface area contributed by atoms with E-state index >= 15 is 0 Å². The molecule has 0 unspecified atom stereocenters. The summed E-state index contributed by atoms with van der Waals surface area (Å²) >= 11 is 0. The number of guanidine groups is 1. The van der Waals surface area contributed by atoms with Crippen molar-refractivity contribution in [1.82, 2.24) is 14.8 Å².